The highest BCUT2D eigenvalue weighted by molar-refractivity contribution is 5.63. The van der Waals surface area contributed by atoms with Crippen molar-refractivity contribution in [1.82, 2.24) is 0 Å². The van der Waals surface area contributed by atoms with Crippen LogP contribution in [0.2, 0.25) is 0 Å². The van der Waals surface area contributed by atoms with Gasteiger partial charge in [0.15, 0.2) is 0 Å². The van der Waals surface area contributed by atoms with Gasteiger partial charge in [0.05, 0.1) is 0 Å². The second-order valence-corrected chi connectivity index (χ2v) is 44.8. The Morgan fingerprint density at radius 3 is 0.745 bits per heavy atom. The van der Waals surface area contributed by atoms with Crippen LogP contribution >= 0.6 is 0 Å². The van der Waals surface area contributed by atoms with Crippen molar-refractivity contribution >= 4 is 11.4 Å². The van der Waals surface area contributed by atoms with Gasteiger partial charge in [0.2, 0.25) is 0 Å². The molecule has 0 unspecified atom stereocenters. The van der Waals surface area contributed by atoms with Gasteiger partial charge in [-0.3, -0.25) is 0 Å². The largest absolute Gasteiger partial charge is 0.369 e. The standard InChI is InChI=1S/C20H33N.C16H25N.C11H24.3C9H20.3C7H16.C5H12/c1-15(2)17-11-10-12-18(16(3)4)19(17)21(6)20(5)13-8-7-9-14-20;1-13-9-8-10-14(2)15(13)17(4)16(3)11-6-5-7-12-16;1-9(2,3)11(7,8)10(4,5)6;1-8(2,3)7-9(4,5)6;2*1-7-9(5,6)8(2,3)4;2*1-5-6-7(2,3)4;1-5-7(3,4)6-2;1-3-5-4-2/h10-12,15-16H,7-9,13-14H2,1-6H3;8-10H,5-7,11-12H2,1-4H3;1-8H3;3*7H2,1-6H3;3*5-6H2,1-4H3;3-5H2,1-2H3. The number of nitrogens with zero attached hydrogens (tertiary/aromatic N) is 2. The van der Waals surface area contributed by atoms with E-state index in [1.54, 1.807) is 0 Å². The highest BCUT2D eigenvalue weighted by atomic mass is 15.2. The van der Waals surface area contributed by atoms with Gasteiger partial charge in [0, 0.05) is 36.5 Å². The van der Waals surface area contributed by atoms with Crippen molar-refractivity contribution < 1.29 is 0 Å². The zero-order chi connectivity index (χ0) is 82.6. The van der Waals surface area contributed by atoms with Crippen molar-refractivity contribution in [2.75, 3.05) is 23.9 Å². The van der Waals surface area contributed by atoms with Crippen molar-refractivity contribution in [3.8, 4) is 0 Å². The van der Waals surface area contributed by atoms with Crippen LogP contribution in [0.25, 0.3) is 0 Å². The molecule has 0 radical (unpaired) electrons. The molecule has 2 nitrogen and oxygen atoms in total. The van der Waals surface area contributed by atoms with E-state index in [1.807, 2.05) is 0 Å². The fourth-order valence-electron chi connectivity index (χ4n) is 13.0. The molecule has 2 aromatic carbocycles. The van der Waals surface area contributed by atoms with E-state index in [9.17, 15) is 0 Å². The van der Waals surface area contributed by atoms with Crippen LogP contribution in [0.3, 0.4) is 0 Å². The maximum atomic E-state index is 2.62. The zero-order valence-corrected chi connectivity index (χ0v) is 81.1. The fraction of sp³-hybridized carbons (Fsp3) is 0.880. The molecule has 612 valence electrons. The van der Waals surface area contributed by atoms with Crippen LogP contribution in [-0.4, -0.2) is 25.2 Å². The van der Waals surface area contributed by atoms with E-state index in [0.717, 1.165) is 0 Å². The Hall–Kier alpha value is -1.96. The molecule has 2 aliphatic rings. The van der Waals surface area contributed by atoms with Crippen molar-refractivity contribution in [2.45, 2.75) is 497 Å². The minimum atomic E-state index is 0.326. The van der Waals surface area contributed by atoms with E-state index in [1.165, 1.54) is 175 Å². The number of aryl methyl sites for hydroxylation is 2. The SMILES string of the molecule is CC(C)(C)C(C)(C)C(C)(C)C.CC(C)(C)CC(C)(C)C.CC(C)c1cccc(C(C)C)c1N(C)C1(C)CCCCC1.CCC(C)(C)C(C)(C)C.CCC(C)(C)C(C)(C)C.CCC(C)(C)CC.CCCC(C)(C)C.CCCC(C)(C)C.CCCCC.Cc1cccc(C)c1N(C)C1(C)CCCCC1. The summed E-state index contributed by atoms with van der Waals surface area (Å²) >= 11 is 0. The second kappa shape index (κ2) is 48.5. The zero-order valence-electron chi connectivity index (χ0n) is 81.1. The fourth-order valence-corrected chi connectivity index (χ4v) is 13.0. The van der Waals surface area contributed by atoms with E-state index in [0.29, 0.717) is 87.9 Å². The van der Waals surface area contributed by atoms with Gasteiger partial charge in [-0.2, -0.15) is 0 Å². The molecule has 0 atom stereocenters. The first kappa shape index (κ1) is 111. The van der Waals surface area contributed by atoms with Crippen molar-refractivity contribution in [1.29, 1.82) is 0 Å². The summed E-state index contributed by atoms with van der Waals surface area (Å²) in [6.45, 7) is 110. The van der Waals surface area contributed by atoms with Gasteiger partial charge in [0.25, 0.3) is 0 Å². The highest BCUT2D eigenvalue weighted by Crippen LogP contribution is 2.51. The maximum absolute atomic E-state index is 2.62. The maximum Gasteiger partial charge on any atom is 0.0438 e. The minimum Gasteiger partial charge on any atom is -0.369 e. The molecule has 2 fully saturated rings. The summed E-state index contributed by atoms with van der Waals surface area (Å²) in [6.07, 6.45) is 29.4. The Morgan fingerprint density at radius 2 is 0.608 bits per heavy atom. The third-order valence-electron chi connectivity index (χ3n) is 25.2. The Labute approximate surface area is 651 Å². The predicted molar refractivity (Wildman–Crippen MR) is 482 cm³/mol. The van der Waals surface area contributed by atoms with Crippen LogP contribution in [-0.2, 0) is 0 Å². The molecule has 0 N–H and O–H groups in total. The number of rotatable bonds is 14. The monoisotopic (exact) mass is 1430 g/mol. The van der Waals surface area contributed by atoms with E-state index < -0.39 is 0 Å². The Morgan fingerprint density at radius 1 is 0.343 bits per heavy atom. The lowest BCUT2D eigenvalue weighted by Crippen LogP contribution is -2.46. The van der Waals surface area contributed by atoms with Crippen LogP contribution in [0, 0.1) is 78.8 Å². The van der Waals surface area contributed by atoms with Gasteiger partial charge in [-0.1, -0.05) is 437 Å². The Balaban J connectivity index is -0.000000260. The molecule has 0 aromatic heterocycles. The summed E-state index contributed by atoms with van der Waals surface area (Å²) in [6, 6.07) is 13.5. The second-order valence-electron chi connectivity index (χ2n) is 44.8. The molecule has 0 aliphatic heterocycles. The molecular weight excluding hydrogens is 1230 g/mol. The summed E-state index contributed by atoms with van der Waals surface area (Å²) in [5.74, 6) is 1.15. The molecule has 0 spiro atoms. The van der Waals surface area contributed by atoms with Gasteiger partial charge >= 0.3 is 0 Å². The lowest BCUT2D eigenvalue weighted by atomic mass is 9.56. The predicted octanol–water partition coefficient (Wildman–Crippen LogP) is 35.8. The van der Waals surface area contributed by atoms with Gasteiger partial charge in [-0.05, 0) is 172 Å². The van der Waals surface area contributed by atoms with E-state index in [2.05, 4.69) is 393 Å². The molecule has 2 heteroatoms. The molecule has 4 rings (SSSR count). The summed E-state index contributed by atoms with van der Waals surface area (Å²) in [5.41, 5.74) is 15.1. The van der Waals surface area contributed by atoms with E-state index in [4.69, 9.17) is 0 Å². The van der Waals surface area contributed by atoms with Gasteiger partial charge in [0.1, 0.15) is 0 Å². The summed E-state index contributed by atoms with van der Waals surface area (Å²) in [4.78, 5) is 5.16. The Kier molecular flexibility index (Phi) is 52.8. The number of hydrogen-bond donors (Lipinski definition) is 0. The molecule has 0 bridgehead atoms. The number of unbranched alkanes of at least 4 members (excludes halogenated alkanes) is 2. The van der Waals surface area contributed by atoms with Crippen LogP contribution < -0.4 is 9.80 Å². The van der Waals surface area contributed by atoms with E-state index in [-0.39, 0.29) is 0 Å². The molecule has 102 heavy (non-hydrogen) atoms. The highest BCUT2D eigenvalue weighted by Gasteiger charge is 2.42. The third kappa shape index (κ3) is 48.5. The van der Waals surface area contributed by atoms with Crippen molar-refractivity contribution in [3.05, 3.63) is 58.7 Å². The van der Waals surface area contributed by atoms with Crippen LogP contribution in [0.15, 0.2) is 36.4 Å². The average molecular weight is 1430 g/mol. The number of benzene rings is 2. The first-order valence-corrected chi connectivity index (χ1v) is 43.1. The smallest absolute Gasteiger partial charge is 0.0438 e. The summed E-state index contributed by atoms with van der Waals surface area (Å²) in [7, 11) is 4.61. The van der Waals surface area contributed by atoms with Gasteiger partial charge in [-0.25, -0.2) is 0 Å². The molecule has 2 saturated carbocycles. The van der Waals surface area contributed by atoms with E-state index >= 15 is 0 Å². The summed E-state index contributed by atoms with van der Waals surface area (Å²) < 4.78 is 0. The average Bonchev–Trinajstić information content (AvgIpc) is 0.792. The van der Waals surface area contributed by atoms with Crippen molar-refractivity contribution in [2.24, 2.45) is 65.0 Å². The van der Waals surface area contributed by atoms with Crippen molar-refractivity contribution in [3.63, 3.8) is 0 Å². The molecular formula is C100H202N2. The lowest BCUT2D eigenvalue weighted by molar-refractivity contribution is 0.00575. The minimum absolute atomic E-state index is 0.326. The summed E-state index contributed by atoms with van der Waals surface area (Å²) in [5, 5.41) is 0. The quantitative estimate of drug-likeness (QED) is 0.186. The Bertz CT molecular complexity index is 2220. The molecule has 0 amide bonds. The lowest BCUT2D eigenvalue weighted by Gasteiger charge is -2.49. The topological polar surface area (TPSA) is 6.48 Å². The molecule has 0 heterocycles. The van der Waals surface area contributed by atoms with Crippen LogP contribution in [0.4, 0.5) is 11.4 Å². The third-order valence-corrected chi connectivity index (χ3v) is 25.2. The molecule has 2 aliphatic carbocycles. The first-order valence-electron chi connectivity index (χ1n) is 43.1. The number of hydrogen-bond acceptors (Lipinski definition) is 2. The number of para-hydroxylation sites is 2. The van der Waals surface area contributed by atoms with Gasteiger partial charge < -0.3 is 9.80 Å². The number of anilines is 2. The first-order chi connectivity index (χ1) is 45.4. The van der Waals surface area contributed by atoms with Crippen LogP contribution in [0.5, 0.6) is 0 Å². The van der Waals surface area contributed by atoms with Crippen LogP contribution in [0.1, 0.15) is 494 Å². The normalized spacial score (nSPS) is 15.2. The molecule has 2 aromatic rings. The van der Waals surface area contributed by atoms with Gasteiger partial charge in [-0.15, -0.1) is 0 Å². The molecule has 0 saturated heterocycles.